The van der Waals surface area contributed by atoms with Gasteiger partial charge in [0.2, 0.25) is 5.91 Å². The number of ether oxygens (including phenoxy) is 1. The lowest BCUT2D eigenvalue weighted by molar-refractivity contribution is -0.123. The molecule has 2 heterocycles. The molecule has 0 radical (unpaired) electrons. The Morgan fingerprint density at radius 1 is 1.47 bits per heavy atom. The van der Waals surface area contributed by atoms with Crippen molar-refractivity contribution in [2.75, 3.05) is 0 Å². The van der Waals surface area contributed by atoms with Crippen LogP contribution in [-0.2, 0) is 9.53 Å². The number of amides is 1. The molecule has 0 aromatic rings. The Morgan fingerprint density at radius 3 is 2.65 bits per heavy atom. The van der Waals surface area contributed by atoms with Crippen molar-refractivity contribution in [3.8, 4) is 0 Å². The summed E-state index contributed by atoms with van der Waals surface area (Å²) in [4.78, 5) is 11.9. The molecule has 98 valence electrons. The van der Waals surface area contributed by atoms with Crippen LogP contribution in [0.15, 0.2) is 0 Å². The van der Waals surface area contributed by atoms with Gasteiger partial charge >= 0.3 is 0 Å². The highest BCUT2D eigenvalue weighted by Gasteiger charge is 2.41. The summed E-state index contributed by atoms with van der Waals surface area (Å²) in [5, 5.41) is 3.07. The van der Waals surface area contributed by atoms with Gasteiger partial charge in [-0.05, 0) is 24.7 Å². The second-order valence-electron chi connectivity index (χ2n) is 6.46. The quantitative estimate of drug-likeness (QED) is 0.778. The Morgan fingerprint density at radius 2 is 2.18 bits per heavy atom. The van der Waals surface area contributed by atoms with E-state index >= 15 is 0 Å². The van der Waals surface area contributed by atoms with Gasteiger partial charge in [0.25, 0.3) is 0 Å². The van der Waals surface area contributed by atoms with Crippen LogP contribution in [0.3, 0.4) is 0 Å². The van der Waals surface area contributed by atoms with E-state index in [0.717, 1.165) is 19.3 Å². The minimum Gasteiger partial charge on any atom is -0.373 e. The van der Waals surface area contributed by atoms with Gasteiger partial charge in [0.05, 0.1) is 18.2 Å². The monoisotopic (exact) mass is 240 g/mol. The van der Waals surface area contributed by atoms with E-state index < -0.39 is 0 Å². The molecule has 2 aliphatic heterocycles. The fourth-order valence-electron chi connectivity index (χ4n) is 2.56. The van der Waals surface area contributed by atoms with Crippen LogP contribution >= 0.6 is 0 Å². The maximum absolute atomic E-state index is 11.9. The normalized spacial score (nSPS) is 33.8. The molecule has 17 heavy (non-hydrogen) atoms. The summed E-state index contributed by atoms with van der Waals surface area (Å²) < 4.78 is 5.71. The topological polar surface area (TPSA) is 64.4 Å². The van der Waals surface area contributed by atoms with Gasteiger partial charge in [0.1, 0.15) is 0 Å². The summed E-state index contributed by atoms with van der Waals surface area (Å²) in [6.07, 6.45) is 4.23. The Hall–Kier alpha value is -0.610. The summed E-state index contributed by atoms with van der Waals surface area (Å²) >= 11 is 0. The number of carbonyl (C=O) groups is 1. The standard InChI is InChI=1S/C13H24N2O2/c1-13(2,3)11(14)7-12(16)15-9-6-8-4-5-10(9)17-8/h8-11H,4-7,14H2,1-3H3,(H,15,16). The number of nitrogens with two attached hydrogens (primary N) is 1. The Bertz CT molecular complexity index is 298. The predicted octanol–water partition coefficient (Wildman–Crippen LogP) is 1.19. The molecule has 0 aromatic carbocycles. The first-order chi connectivity index (χ1) is 7.86. The molecule has 2 rings (SSSR count). The van der Waals surface area contributed by atoms with E-state index in [2.05, 4.69) is 26.1 Å². The summed E-state index contributed by atoms with van der Waals surface area (Å²) in [5.74, 6) is 0.0635. The number of carbonyl (C=O) groups excluding carboxylic acids is 1. The van der Waals surface area contributed by atoms with Gasteiger partial charge in [-0.15, -0.1) is 0 Å². The molecule has 2 aliphatic rings. The van der Waals surface area contributed by atoms with Crippen LogP contribution in [0.4, 0.5) is 0 Å². The van der Waals surface area contributed by atoms with E-state index in [4.69, 9.17) is 10.5 Å². The van der Waals surface area contributed by atoms with Crippen molar-refractivity contribution >= 4 is 5.91 Å². The average molecular weight is 240 g/mol. The minimum absolute atomic E-state index is 0.0253. The third-order valence-corrected chi connectivity index (χ3v) is 3.97. The molecule has 4 nitrogen and oxygen atoms in total. The number of hydrogen-bond acceptors (Lipinski definition) is 3. The lowest BCUT2D eigenvalue weighted by Crippen LogP contribution is -2.45. The smallest absolute Gasteiger partial charge is 0.221 e. The molecule has 0 aromatic heterocycles. The molecule has 4 heteroatoms. The zero-order valence-corrected chi connectivity index (χ0v) is 11.0. The molecule has 2 bridgehead atoms. The first-order valence-corrected chi connectivity index (χ1v) is 6.56. The van der Waals surface area contributed by atoms with Crippen LogP contribution < -0.4 is 11.1 Å². The van der Waals surface area contributed by atoms with Crippen molar-refractivity contribution in [3.05, 3.63) is 0 Å². The molecule has 1 amide bonds. The number of hydrogen-bond donors (Lipinski definition) is 2. The molecule has 2 saturated heterocycles. The molecular formula is C13H24N2O2. The van der Waals surface area contributed by atoms with Gasteiger partial charge in [-0.1, -0.05) is 20.8 Å². The van der Waals surface area contributed by atoms with Crippen molar-refractivity contribution in [1.29, 1.82) is 0 Å². The van der Waals surface area contributed by atoms with Gasteiger partial charge in [-0.25, -0.2) is 0 Å². The summed E-state index contributed by atoms with van der Waals surface area (Å²) in [5.41, 5.74) is 5.98. The van der Waals surface area contributed by atoms with Crippen molar-refractivity contribution < 1.29 is 9.53 Å². The van der Waals surface area contributed by atoms with E-state index in [1.54, 1.807) is 0 Å². The summed E-state index contributed by atoms with van der Waals surface area (Å²) in [6, 6.07) is 0.121. The number of fused-ring (bicyclic) bond motifs is 2. The van der Waals surface area contributed by atoms with Crippen LogP contribution in [0.1, 0.15) is 46.5 Å². The van der Waals surface area contributed by atoms with Crippen LogP contribution in [0.5, 0.6) is 0 Å². The molecule has 4 unspecified atom stereocenters. The lowest BCUT2D eigenvalue weighted by Gasteiger charge is -2.27. The van der Waals surface area contributed by atoms with E-state index in [1.165, 1.54) is 0 Å². The Labute approximate surface area is 103 Å². The van der Waals surface area contributed by atoms with Gasteiger partial charge in [0.15, 0.2) is 0 Å². The van der Waals surface area contributed by atoms with E-state index in [-0.39, 0.29) is 29.5 Å². The summed E-state index contributed by atoms with van der Waals surface area (Å²) in [6.45, 7) is 6.18. The van der Waals surface area contributed by atoms with Gasteiger partial charge in [-0.2, -0.15) is 0 Å². The first-order valence-electron chi connectivity index (χ1n) is 6.56. The highest BCUT2D eigenvalue weighted by Crippen LogP contribution is 2.34. The molecule has 4 atom stereocenters. The van der Waals surface area contributed by atoms with Crippen molar-refractivity contribution in [3.63, 3.8) is 0 Å². The van der Waals surface area contributed by atoms with E-state index in [9.17, 15) is 4.79 Å². The third kappa shape index (κ3) is 2.99. The maximum atomic E-state index is 11.9. The van der Waals surface area contributed by atoms with Gasteiger partial charge in [-0.3, -0.25) is 4.79 Å². The number of nitrogens with one attached hydrogen (secondary N) is 1. The van der Waals surface area contributed by atoms with Crippen molar-refractivity contribution in [2.45, 2.75) is 70.7 Å². The Kier molecular flexibility index (Phi) is 3.46. The Balaban J connectivity index is 1.78. The molecular weight excluding hydrogens is 216 g/mol. The molecule has 0 spiro atoms. The fourth-order valence-corrected chi connectivity index (χ4v) is 2.56. The third-order valence-electron chi connectivity index (χ3n) is 3.97. The number of rotatable bonds is 3. The average Bonchev–Trinajstić information content (AvgIpc) is 2.77. The molecule has 0 aliphatic carbocycles. The van der Waals surface area contributed by atoms with Crippen LogP contribution in [0.2, 0.25) is 0 Å². The fraction of sp³-hybridized carbons (Fsp3) is 0.923. The second-order valence-corrected chi connectivity index (χ2v) is 6.46. The highest BCUT2D eigenvalue weighted by molar-refractivity contribution is 5.77. The zero-order valence-electron chi connectivity index (χ0n) is 11.0. The minimum atomic E-state index is -0.0954. The van der Waals surface area contributed by atoms with Crippen molar-refractivity contribution in [1.82, 2.24) is 5.32 Å². The van der Waals surface area contributed by atoms with Gasteiger partial charge in [0, 0.05) is 12.5 Å². The van der Waals surface area contributed by atoms with Crippen molar-refractivity contribution in [2.24, 2.45) is 11.1 Å². The van der Waals surface area contributed by atoms with Gasteiger partial charge < -0.3 is 15.8 Å². The first kappa shape index (κ1) is 12.8. The second kappa shape index (κ2) is 4.58. The lowest BCUT2D eigenvalue weighted by atomic mass is 9.85. The van der Waals surface area contributed by atoms with Crippen LogP contribution in [0.25, 0.3) is 0 Å². The van der Waals surface area contributed by atoms with Crippen LogP contribution in [-0.4, -0.2) is 30.2 Å². The zero-order chi connectivity index (χ0) is 12.6. The molecule has 0 saturated carbocycles. The summed E-state index contributed by atoms with van der Waals surface area (Å²) in [7, 11) is 0. The molecule has 3 N–H and O–H groups in total. The largest absolute Gasteiger partial charge is 0.373 e. The molecule has 2 fully saturated rings. The SMILES string of the molecule is CC(C)(C)C(N)CC(=O)NC1CC2CCC1O2. The predicted molar refractivity (Wildman–Crippen MR) is 66.5 cm³/mol. The van der Waals surface area contributed by atoms with E-state index in [1.807, 2.05) is 0 Å². The van der Waals surface area contributed by atoms with E-state index in [0.29, 0.717) is 12.5 Å². The maximum Gasteiger partial charge on any atom is 0.221 e. The highest BCUT2D eigenvalue weighted by atomic mass is 16.5. The van der Waals surface area contributed by atoms with Crippen LogP contribution in [0, 0.1) is 5.41 Å².